The quantitative estimate of drug-likeness (QED) is 0.600. The highest BCUT2D eigenvalue weighted by atomic mass is 35.5. The number of nitrogens with one attached hydrogen (secondary N) is 1. The first-order chi connectivity index (χ1) is 14.5. The molecule has 0 saturated carbocycles. The van der Waals surface area contributed by atoms with E-state index in [0.717, 1.165) is 16.8 Å². The van der Waals surface area contributed by atoms with Crippen molar-refractivity contribution in [2.24, 2.45) is 0 Å². The van der Waals surface area contributed by atoms with Gasteiger partial charge in [0.05, 0.1) is 22.3 Å². The summed E-state index contributed by atoms with van der Waals surface area (Å²) in [6.07, 6.45) is 2.29. The van der Waals surface area contributed by atoms with Gasteiger partial charge in [-0.25, -0.2) is 9.78 Å². The summed E-state index contributed by atoms with van der Waals surface area (Å²) in [5.74, 6) is 0.904. The summed E-state index contributed by atoms with van der Waals surface area (Å²) in [6.45, 7) is 0.371. The molecule has 4 rings (SSSR count). The van der Waals surface area contributed by atoms with E-state index >= 15 is 0 Å². The van der Waals surface area contributed by atoms with Crippen molar-refractivity contribution in [1.82, 2.24) is 9.97 Å². The number of anilines is 4. The molecule has 1 aliphatic rings. The van der Waals surface area contributed by atoms with E-state index in [4.69, 9.17) is 28.3 Å². The lowest BCUT2D eigenvalue weighted by Gasteiger charge is -2.34. The molecular formula is C21H19Cl2N5O2. The standard InChI is InChI=1S/C21H19Cl2N5O2/c1-27-19-14(12-28(21(27)30)18-16(22)3-2-4-17(18)23)11-24-20(26-19)25-15-7-5-13(6-8-15)9-10-29/h2-8,11,29H,9-10,12H2,1H3,(H,24,25,26). The third-order valence-corrected chi connectivity index (χ3v) is 5.43. The minimum absolute atomic E-state index is 0.109. The van der Waals surface area contributed by atoms with Gasteiger partial charge < -0.3 is 10.4 Å². The lowest BCUT2D eigenvalue weighted by Crippen LogP contribution is -2.46. The molecule has 2 N–H and O–H groups in total. The fourth-order valence-electron chi connectivity index (χ4n) is 3.30. The molecule has 2 heterocycles. The second-order valence-electron chi connectivity index (χ2n) is 6.84. The molecule has 9 heteroatoms. The summed E-state index contributed by atoms with van der Waals surface area (Å²) < 4.78 is 0. The fraction of sp³-hybridized carbons (Fsp3) is 0.190. The average molecular weight is 444 g/mol. The van der Waals surface area contributed by atoms with E-state index in [1.165, 1.54) is 9.80 Å². The van der Waals surface area contributed by atoms with Crippen LogP contribution in [0.5, 0.6) is 0 Å². The van der Waals surface area contributed by atoms with Crippen LogP contribution in [0.4, 0.5) is 27.9 Å². The monoisotopic (exact) mass is 443 g/mol. The first kappa shape index (κ1) is 20.4. The zero-order valence-electron chi connectivity index (χ0n) is 16.1. The number of nitrogens with zero attached hydrogens (tertiary/aromatic N) is 4. The highest BCUT2D eigenvalue weighted by Gasteiger charge is 2.32. The molecule has 154 valence electrons. The van der Waals surface area contributed by atoms with Crippen LogP contribution in [-0.4, -0.2) is 34.8 Å². The van der Waals surface area contributed by atoms with Crippen molar-refractivity contribution in [3.05, 3.63) is 69.8 Å². The largest absolute Gasteiger partial charge is 0.396 e. The second-order valence-corrected chi connectivity index (χ2v) is 7.65. The summed E-state index contributed by atoms with van der Waals surface area (Å²) in [7, 11) is 1.65. The van der Waals surface area contributed by atoms with Gasteiger partial charge in [0, 0.05) is 31.1 Å². The smallest absolute Gasteiger partial charge is 0.330 e. The third kappa shape index (κ3) is 3.92. The van der Waals surface area contributed by atoms with Crippen LogP contribution in [0.25, 0.3) is 0 Å². The predicted octanol–water partition coefficient (Wildman–Crippen LogP) is 4.64. The molecule has 1 aromatic heterocycles. The maximum Gasteiger partial charge on any atom is 0.330 e. The normalized spacial score (nSPS) is 13.4. The van der Waals surface area contributed by atoms with Crippen LogP contribution in [0.1, 0.15) is 11.1 Å². The SMILES string of the molecule is CN1C(=O)N(c2c(Cl)cccc2Cl)Cc2cnc(Nc3ccc(CCO)cc3)nc21. The molecule has 0 atom stereocenters. The van der Waals surface area contributed by atoms with E-state index in [1.54, 1.807) is 31.4 Å². The summed E-state index contributed by atoms with van der Waals surface area (Å²) in [4.78, 5) is 24.9. The number of urea groups is 1. The van der Waals surface area contributed by atoms with Gasteiger partial charge in [-0.2, -0.15) is 4.98 Å². The lowest BCUT2D eigenvalue weighted by atomic mass is 10.1. The van der Waals surface area contributed by atoms with Gasteiger partial charge in [0.15, 0.2) is 0 Å². The molecule has 0 aliphatic carbocycles. The van der Waals surface area contributed by atoms with E-state index < -0.39 is 0 Å². The Morgan fingerprint density at radius 2 is 1.83 bits per heavy atom. The number of halogens is 2. The molecule has 2 amide bonds. The number of hydrogen-bond acceptors (Lipinski definition) is 5. The van der Waals surface area contributed by atoms with Gasteiger partial charge in [-0.1, -0.05) is 41.4 Å². The molecular weight excluding hydrogens is 425 g/mol. The van der Waals surface area contributed by atoms with Crippen molar-refractivity contribution in [1.29, 1.82) is 0 Å². The molecule has 0 bridgehead atoms. The molecule has 0 radical (unpaired) electrons. The van der Waals surface area contributed by atoms with Crippen molar-refractivity contribution >= 4 is 52.4 Å². The summed E-state index contributed by atoms with van der Waals surface area (Å²) in [5, 5.41) is 13.0. The van der Waals surface area contributed by atoms with Gasteiger partial charge in [0.1, 0.15) is 5.82 Å². The first-order valence-corrected chi connectivity index (χ1v) is 10.1. The Labute approximate surface area is 183 Å². The minimum Gasteiger partial charge on any atom is -0.396 e. The van der Waals surface area contributed by atoms with Crippen LogP contribution in [0.3, 0.4) is 0 Å². The average Bonchev–Trinajstić information content (AvgIpc) is 2.73. The number of carbonyl (C=O) groups is 1. The Hall–Kier alpha value is -2.87. The topological polar surface area (TPSA) is 81.6 Å². The van der Waals surface area contributed by atoms with Gasteiger partial charge in [-0.15, -0.1) is 0 Å². The fourth-order valence-corrected chi connectivity index (χ4v) is 3.91. The van der Waals surface area contributed by atoms with Gasteiger partial charge in [-0.05, 0) is 36.2 Å². The Kier molecular flexibility index (Phi) is 5.76. The number of aromatic nitrogens is 2. The summed E-state index contributed by atoms with van der Waals surface area (Å²) >= 11 is 12.6. The van der Waals surface area contributed by atoms with Crippen molar-refractivity contribution in [3.63, 3.8) is 0 Å². The van der Waals surface area contributed by atoms with Crippen molar-refractivity contribution in [2.75, 3.05) is 28.8 Å². The summed E-state index contributed by atoms with van der Waals surface area (Å²) in [5.41, 5.74) is 3.09. The van der Waals surface area contributed by atoms with Crippen LogP contribution >= 0.6 is 23.2 Å². The maximum absolute atomic E-state index is 13.0. The lowest BCUT2D eigenvalue weighted by molar-refractivity contribution is 0.251. The molecule has 2 aromatic carbocycles. The Bertz CT molecular complexity index is 1070. The van der Waals surface area contributed by atoms with Crippen LogP contribution in [-0.2, 0) is 13.0 Å². The highest BCUT2D eigenvalue weighted by Crippen LogP contribution is 2.38. The van der Waals surface area contributed by atoms with Crippen LogP contribution < -0.4 is 15.1 Å². The number of hydrogen-bond donors (Lipinski definition) is 2. The van der Waals surface area contributed by atoms with E-state index in [9.17, 15) is 4.79 Å². The predicted molar refractivity (Wildman–Crippen MR) is 119 cm³/mol. The maximum atomic E-state index is 13.0. The van der Waals surface area contributed by atoms with Crippen molar-refractivity contribution in [3.8, 4) is 0 Å². The number of aliphatic hydroxyl groups is 1. The van der Waals surface area contributed by atoms with Gasteiger partial charge >= 0.3 is 6.03 Å². The van der Waals surface area contributed by atoms with E-state index in [2.05, 4.69) is 15.3 Å². The number of carbonyl (C=O) groups excluding carboxylic acids is 1. The molecule has 30 heavy (non-hydrogen) atoms. The van der Waals surface area contributed by atoms with Crippen LogP contribution in [0.2, 0.25) is 10.0 Å². The van der Waals surface area contributed by atoms with E-state index in [0.29, 0.717) is 33.9 Å². The molecule has 7 nitrogen and oxygen atoms in total. The Morgan fingerprint density at radius 3 is 2.50 bits per heavy atom. The molecule has 3 aromatic rings. The summed E-state index contributed by atoms with van der Waals surface area (Å²) in [6, 6.07) is 12.5. The number of para-hydroxylation sites is 1. The van der Waals surface area contributed by atoms with Gasteiger partial charge in [0.2, 0.25) is 5.95 Å². The number of fused-ring (bicyclic) bond motifs is 1. The zero-order valence-corrected chi connectivity index (χ0v) is 17.7. The number of benzene rings is 2. The molecule has 1 aliphatic heterocycles. The third-order valence-electron chi connectivity index (χ3n) is 4.82. The Morgan fingerprint density at radius 1 is 1.13 bits per heavy atom. The number of aliphatic hydroxyl groups excluding tert-OH is 1. The number of amides is 2. The van der Waals surface area contributed by atoms with E-state index in [1.807, 2.05) is 24.3 Å². The minimum atomic E-state index is -0.282. The number of rotatable bonds is 5. The molecule has 0 unspecified atom stereocenters. The van der Waals surface area contributed by atoms with Crippen molar-refractivity contribution < 1.29 is 9.90 Å². The van der Waals surface area contributed by atoms with Gasteiger partial charge in [0.25, 0.3) is 0 Å². The van der Waals surface area contributed by atoms with Gasteiger partial charge in [-0.3, -0.25) is 9.80 Å². The Balaban J connectivity index is 1.60. The van der Waals surface area contributed by atoms with Crippen LogP contribution in [0.15, 0.2) is 48.7 Å². The molecule has 0 saturated heterocycles. The van der Waals surface area contributed by atoms with E-state index in [-0.39, 0.29) is 19.2 Å². The zero-order chi connectivity index (χ0) is 21.3. The highest BCUT2D eigenvalue weighted by molar-refractivity contribution is 6.40. The first-order valence-electron chi connectivity index (χ1n) is 9.30. The van der Waals surface area contributed by atoms with Crippen molar-refractivity contribution in [2.45, 2.75) is 13.0 Å². The molecule has 0 fully saturated rings. The molecule has 0 spiro atoms. The second kappa shape index (κ2) is 8.47. The van der Waals surface area contributed by atoms with Crippen LogP contribution in [0, 0.1) is 0 Å².